The number of unbranched alkanes of at least 4 members (excludes halogenated alkanes) is 1. The van der Waals surface area contributed by atoms with Crippen molar-refractivity contribution in [3.05, 3.63) is 102 Å². The third kappa shape index (κ3) is 6.93. The largest absolute Gasteiger partial charge is 0.493 e. The highest BCUT2D eigenvalue weighted by atomic mass is 16.5. The lowest BCUT2D eigenvalue weighted by atomic mass is 10.1. The Bertz CT molecular complexity index is 946. The van der Waals surface area contributed by atoms with Crippen LogP contribution in [0.2, 0.25) is 0 Å². The fourth-order valence-corrected chi connectivity index (χ4v) is 3.19. The van der Waals surface area contributed by atoms with Crippen molar-refractivity contribution in [3.8, 4) is 11.5 Å². The summed E-state index contributed by atoms with van der Waals surface area (Å²) in [5.41, 5.74) is 3.33. The van der Waals surface area contributed by atoms with E-state index in [-0.39, 0.29) is 5.78 Å². The Morgan fingerprint density at radius 1 is 0.833 bits per heavy atom. The fourth-order valence-electron chi connectivity index (χ4n) is 3.19. The molecule has 0 amide bonds. The van der Waals surface area contributed by atoms with E-state index in [9.17, 15) is 4.79 Å². The molecular weight excluding hydrogens is 372 g/mol. The highest BCUT2D eigenvalue weighted by molar-refractivity contribution is 5.93. The summed E-state index contributed by atoms with van der Waals surface area (Å²) >= 11 is 0. The van der Waals surface area contributed by atoms with Crippen molar-refractivity contribution in [3.63, 3.8) is 0 Å². The van der Waals surface area contributed by atoms with Crippen LogP contribution < -0.4 is 9.47 Å². The van der Waals surface area contributed by atoms with E-state index in [1.165, 1.54) is 5.56 Å². The predicted molar refractivity (Wildman–Crippen MR) is 122 cm³/mol. The lowest BCUT2D eigenvalue weighted by Gasteiger charge is -2.11. The number of ketones is 1. The van der Waals surface area contributed by atoms with Crippen LogP contribution in [-0.2, 0) is 17.8 Å². The molecule has 0 aliphatic heterocycles. The zero-order valence-corrected chi connectivity index (χ0v) is 17.4. The predicted octanol–water partition coefficient (Wildman–Crippen LogP) is 6.27. The van der Waals surface area contributed by atoms with Crippen LogP contribution in [0.1, 0.15) is 36.0 Å². The van der Waals surface area contributed by atoms with E-state index in [0.29, 0.717) is 24.5 Å². The smallest absolute Gasteiger partial charge is 0.161 e. The maximum Gasteiger partial charge on any atom is 0.161 e. The molecule has 0 saturated carbocycles. The van der Waals surface area contributed by atoms with Crippen LogP contribution in [0.3, 0.4) is 0 Å². The molecule has 30 heavy (non-hydrogen) atoms. The number of carbonyl (C=O) groups is 1. The average Bonchev–Trinajstić information content (AvgIpc) is 2.80. The Morgan fingerprint density at radius 2 is 1.53 bits per heavy atom. The molecule has 3 aromatic rings. The van der Waals surface area contributed by atoms with Gasteiger partial charge in [-0.25, -0.2) is 0 Å². The van der Waals surface area contributed by atoms with E-state index in [0.717, 1.165) is 30.4 Å². The van der Waals surface area contributed by atoms with Crippen molar-refractivity contribution in [2.24, 2.45) is 0 Å². The number of hydrogen-bond acceptors (Lipinski definition) is 3. The van der Waals surface area contributed by atoms with Gasteiger partial charge >= 0.3 is 0 Å². The number of methoxy groups -OCH3 is 1. The zero-order valence-electron chi connectivity index (χ0n) is 17.4. The van der Waals surface area contributed by atoms with Crippen LogP contribution in [0.25, 0.3) is 6.08 Å². The molecule has 0 atom stereocenters. The van der Waals surface area contributed by atoms with Gasteiger partial charge in [-0.05, 0) is 54.2 Å². The molecule has 0 bridgehead atoms. The van der Waals surface area contributed by atoms with E-state index in [1.807, 2.05) is 60.7 Å². The average molecular weight is 401 g/mol. The van der Waals surface area contributed by atoms with Crippen LogP contribution >= 0.6 is 0 Å². The van der Waals surface area contributed by atoms with Crippen molar-refractivity contribution >= 4 is 11.9 Å². The lowest BCUT2D eigenvalue weighted by Crippen LogP contribution is -1.98. The lowest BCUT2D eigenvalue weighted by molar-refractivity contribution is -0.114. The molecule has 3 heteroatoms. The molecule has 0 spiro atoms. The molecule has 0 saturated heterocycles. The summed E-state index contributed by atoms with van der Waals surface area (Å²) < 4.78 is 11.3. The Labute approximate surface area is 179 Å². The Balaban J connectivity index is 1.47. The molecule has 0 heterocycles. The maximum absolute atomic E-state index is 12.2. The van der Waals surface area contributed by atoms with Gasteiger partial charge in [-0.2, -0.15) is 0 Å². The standard InChI is InChI=1S/C27H28O3/c1-29-27-20-23(17-19-26(27)30-21-24-13-6-3-7-14-24)16-18-25(28)15-9-8-12-22-10-4-2-5-11-22/h2-7,10-11,13-14,16-20H,8-9,12,15,21H2,1H3. The van der Waals surface area contributed by atoms with Crippen LogP contribution in [0, 0.1) is 0 Å². The molecule has 154 valence electrons. The molecular formula is C27H28O3. The molecule has 0 radical (unpaired) electrons. The third-order valence-electron chi connectivity index (χ3n) is 4.87. The SMILES string of the molecule is COc1cc(C=CC(=O)CCCCc2ccccc2)ccc1OCc1ccccc1. The van der Waals surface area contributed by atoms with E-state index < -0.39 is 0 Å². The van der Waals surface area contributed by atoms with Crippen molar-refractivity contribution < 1.29 is 14.3 Å². The summed E-state index contributed by atoms with van der Waals surface area (Å²) in [6.45, 7) is 0.480. The number of ether oxygens (including phenoxy) is 2. The third-order valence-corrected chi connectivity index (χ3v) is 4.87. The van der Waals surface area contributed by atoms with E-state index >= 15 is 0 Å². The second-order valence-electron chi connectivity index (χ2n) is 7.18. The first-order valence-electron chi connectivity index (χ1n) is 10.3. The maximum atomic E-state index is 12.2. The van der Waals surface area contributed by atoms with Crippen molar-refractivity contribution in [1.29, 1.82) is 0 Å². The molecule has 3 rings (SSSR count). The van der Waals surface area contributed by atoms with Gasteiger partial charge in [0.15, 0.2) is 17.3 Å². The van der Waals surface area contributed by atoms with Crippen molar-refractivity contribution in [1.82, 2.24) is 0 Å². The van der Waals surface area contributed by atoms with Crippen LogP contribution in [0.15, 0.2) is 84.9 Å². The van der Waals surface area contributed by atoms with Gasteiger partial charge in [0.1, 0.15) is 6.61 Å². The monoisotopic (exact) mass is 400 g/mol. The number of aryl methyl sites for hydroxylation is 1. The summed E-state index contributed by atoms with van der Waals surface area (Å²) in [5.74, 6) is 1.49. The number of carbonyl (C=O) groups excluding carboxylic acids is 1. The summed E-state index contributed by atoms with van der Waals surface area (Å²) in [7, 11) is 1.62. The summed E-state index contributed by atoms with van der Waals surface area (Å²) in [6.07, 6.45) is 6.99. The van der Waals surface area contributed by atoms with Gasteiger partial charge in [-0.1, -0.05) is 72.8 Å². The number of rotatable bonds is 11. The molecule has 0 aliphatic carbocycles. The van der Waals surface area contributed by atoms with Gasteiger partial charge in [0.25, 0.3) is 0 Å². The molecule has 0 unspecified atom stereocenters. The summed E-state index contributed by atoms with van der Waals surface area (Å²) in [6, 6.07) is 26.1. The van der Waals surface area contributed by atoms with Crippen molar-refractivity contribution in [2.75, 3.05) is 7.11 Å². The fraction of sp³-hybridized carbons (Fsp3) is 0.222. The molecule has 0 fully saturated rings. The van der Waals surface area contributed by atoms with E-state index in [1.54, 1.807) is 13.2 Å². The van der Waals surface area contributed by atoms with Crippen molar-refractivity contribution in [2.45, 2.75) is 32.3 Å². The van der Waals surface area contributed by atoms with Gasteiger partial charge in [0.05, 0.1) is 7.11 Å². The molecule has 0 N–H and O–H groups in total. The minimum atomic E-state index is 0.145. The second kappa shape index (κ2) is 11.6. The van der Waals surface area contributed by atoms with Crippen LogP contribution in [-0.4, -0.2) is 12.9 Å². The van der Waals surface area contributed by atoms with E-state index in [2.05, 4.69) is 24.3 Å². The highest BCUT2D eigenvalue weighted by Gasteiger charge is 2.06. The minimum Gasteiger partial charge on any atom is -0.493 e. The van der Waals surface area contributed by atoms with E-state index in [4.69, 9.17) is 9.47 Å². The molecule has 3 nitrogen and oxygen atoms in total. The normalized spacial score (nSPS) is 10.8. The second-order valence-corrected chi connectivity index (χ2v) is 7.18. The molecule has 0 aromatic heterocycles. The van der Waals surface area contributed by atoms with Gasteiger partial charge in [0.2, 0.25) is 0 Å². The number of benzene rings is 3. The number of allylic oxidation sites excluding steroid dienone is 1. The van der Waals surface area contributed by atoms with Gasteiger partial charge in [-0.15, -0.1) is 0 Å². The minimum absolute atomic E-state index is 0.145. The first-order valence-corrected chi connectivity index (χ1v) is 10.3. The molecule has 3 aromatic carbocycles. The zero-order chi connectivity index (χ0) is 21.0. The van der Waals surface area contributed by atoms with Gasteiger partial charge in [-0.3, -0.25) is 4.79 Å². The van der Waals surface area contributed by atoms with Crippen LogP contribution in [0.4, 0.5) is 0 Å². The quantitative estimate of drug-likeness (QED) is 0.281. The first kappa shape index (κ1) is 21.4. The Morgan fingerprint density at radius 3 is 2.23 bits per heavy atom. The van der Waals surface area contributed by atoms with Crippen LogP contribution in [0.5, 0.6) is 11.5 Å². The summed E-state index contributed by atoms with van der Waals surface area (Å²) in [5, 5.41) is 0. The highest BCUT2D eigenvalue weighted by Crippen LogP contribution is 2.29. The Kier molecular flexibility index (Phi) is 8.28. The first-order chi connectivity index (χ1) is 14.7. The number of hydrogen-bond donors (Lipinski definition) is 0. The molecule has 0 aliphatic rings. The van der Waals surface area contributed by atoms with Gasteiger partial charge in [0, 0.05) is 6.42 Å². The van der Waals surface area contributed by atoms with Gasteiger partial charge < -0.3 is 9.47 Å². The Hall–Kier alpha value is -3.33. The topological polar surface area (TPSA) is 35.5 Å². The summed E-state index contributed by atoms with van der Waals surface area (Å²) in [4.78, 5) is 12.2.